The lowest BCUT2D eigenvalue weighted by atomic mass is 10.2. The van der Waals surface area contributed by atoms with Crippen LogP contribution in [0.5, 0.6) is 0 Å². The first-order valence-electron chi connectivity index (χ1n) is 10.4. The molecule has 164 valence electrons. The average Bonchev–Trinajstić information content (AvgIpc) is 3.68. The first kappa shape index (κ1) is 20.7. The Kier molecular flexibility index (Phi) is 5.14. The lowest BCUT2D eigenvalue weighted by molar-refractivity contribution is 0.519. The van der Waals surface area contributed by atoms with Crippen molar-refractivity contribution in [3.63, 3.8) is 0 Å². The van der Waals surface area contributed by atoms with Gasteiger partial charge in [-0.15, -0.1) is 16.4 Å². The fraction of sp³-hybridized carbons (Fsp3) is 0.500. The number of hydrogen-bond donors (Lipinski definition) is 1. The molecule has 2 saturated carbocycles. The zero-order valence-corrected chi connectivity index (χ0v) is 18.7. The third kappa shape index (κ3) is 3.90. The van der Waals surface area contributed by atoms with Crippen LogP contribution in [0.25, 0.3) is 5.69 Å². The topological polar surface area (TPSA) is 103 Å². The molecule has 0 amide bonds. The van der Waals surface area contributed by atoms with Gasteiger partial charge in [-0.1, -0.05) is 6.92 Å². The highest BCUT2D eigenvalue weighted by atomic mass is 32.2. The second kappa shape index (κ2) is 7.72. The molecule has 1 N–H and O–H groups in total. The largest absolute Gasteiger partial charge is 0.301 e. The molecule has 0 saturated heterocycles. The van der Waals surface area contributed by atoms with Gasteiger partial charge in [-0.2, -0.15) is 4.68 Å². The van der Waals surface area contributed by atoms with E-state index in [4.69, 9.17) is 4.98 Å². The van der Waals surface area contributed by atoms with Crippen LogP contribution in [0.3, 0.4) is 0 Å². The van der Waals surface area contributed by atoms with Gasteiger partial charge in [0.15, 0.2) is 15.7 Å². The van der Waals surface area contributed by atoms with E-state index in [9.17, 15) is 12.8 Å². The van der Waals surface area contributed by atoms with Crippen molar-refractivity contribution in [2.24, 2.45) is 0 Å². The molecule has 2 aliphatic carbocycles. The summed E-state index contributed by atoms with van der Waals surface area (Å²) in [5, 5.41) is 18.6. The zero-order valence-electron chi connectivity index (χ0n) is 17.0. The van der Waals surface area contributed by atoms with E-state index in [2.05, 4.69) is 20.8 Å². The monoisotopic (exact) mass is 462 g/mol. The molecule has 11 heteroatoms. The summed E-state index contributed by atoms with van der Waals surface area (Å²) in [7, 11) is -3.18. The van der Waals surface area contributed by atoms with Gasteiger partial charge in [0.2, 0.25) is 0 Å². The Morgan fingerprint density at radius 2 is 2.03 bits per heavy atom. The van der Waals surface area contributed by atoms with Gasteiger partial charge in [0.1, 0.15) is 11.9 Å². The molecular formula is C20H23FN6O2S2. The van der Waals surface area contributed by atoms with Gasteiger partial charge in [0.25, 0.3) is 0 Å². The van der Waals surface area contributed by atoms with E-state index in [0.717, 1.165) is 23.5 Å². The summed E-state index contributed by atoms with van der Waals surface area (Å²) in [4.78, 5) is 4.82. The smallest absolute Gasteiger partial charge is 0.179 e. The van der Waals surface area contributed by atoms with Gasteiger partial charge in [-0.3, -0.25) is 0 Å². The Hall–Kier alpha value is -2.24. The molecule has 0 bridgehead atoms. The summed E-state index contributed by atoms with van der Waals surface area (Å²) in [6.45, 7) is 1.99. The normalized spacial score (nSPS) is 18.8. The van der Waals surface area contributed by atoms with E-state index in [1.165, 1.54) is 12.1 Å². The number of tetrazole rings is 1. The Balaban J connectivity index is 1.49. The van der Waals surface area contributed by atoms with Gasteiger partial charge in [0, 0.05) is 23.6 Å². The van der Waals surface area contributed by atoms with Gasteiger partial charge in [-0.25, -0.2) is 17.8 Å². The minimum atomic E-state index is -3.18. The van der Waals surface area contributed by atoms with Crippen LogP contribution in [-0.2, 0) is 9.84 Å². The van der Waals surface area contributed by atoms with E-state index in [0.29, 0.717) is 36.8 Å². The van der Waals surface area contributed by atoms with Crippen molar-refractivity contribution in [1.29, 1.82) is 0 Å². The minimum absolute atomic E-state index is 0.120. The van der Waals surface area contributed by atoms with Crippen molar-refractivity contribution in [2.45, 2.75) is 49.3 Å². The second-order valence-electron chi connectivity index (χ2n) is 8.21. The first-order chi connectivity index (χ1) is 14.9. The van der Waals surface area contributed by atoms with Crippen LogP contribution in [0.4, 0.5) is 4.39 Å². The molecule has 3 aromatic rings. The number of nitrogens with zero attached hydrogens (tertiary/aromatic N) is 5. The van der Waals surface area contributed by atoms with E-state index in [-0.39, 0.29) is 11.6 Å². The third-order valence-corrected chi connectivity index (χ3v) is 9.72. The first-order valence-corrected chi connectivity index (χ1v) is 12.9. The minimum Gasteiger partial charge on any atom is -0.301 e. The molecule has 31 heavy (non-hydrogen) atoms. The number of benzene rings is 1. The van der Waals surface area contributed by atoms with E-state index < -0.39 is 20.6 Å². The van der Waals surface area contributed by atoms with Gasteiger partial charge in [0.05, 0.1) is 21.1 Å². The van der Waals surface area contributed by atoms with Gasteiger partial charge < -0.3 is 5.32 Å². The quantitative estimate of drug-likeness (QED) is 0.522. The maximum Gasteiger partial charge on any atom is 0.179 e. The van der Waals surface area contributed by atoms with Crippen molar-refractivity contribution in [2.75, 3.05) is 12.3 Å². The molecule has 1 unspecified atom stereocenters. The Morgan fingerprint density at radius 1 is 1.29 bits per heavy atom. The van der Waals surface area contributed by atoms with Crippen LogP contribution < -0.4 is 5.32 Å². The Labute approximate surface area is 183 Å². The maximum atomic E-state index is 13.4. The van der Waals surface area contributed by atoms with Crippen LogP contribution in [0.15, 0.2) is 29.6 Å². The number of hydrogen-bond acceptors (Lipinski definition) is 8. The van der Waals surface area contributed by atoms with Crippen molar-refractivity contribution >= 4 is 21.2 Å². The summed E-state index contributed by atoms with van der Waals surface area (Å²) < 4.78 is 39.4. The van der Waals surface area contributed by atoms with E-state index in [1.807, 2.05) is 5.38 Å². The molecule has 1 atom stereocenters. The average molecular weight is 463 g/mol. The lowest BCUT2D eigenvalue weighted by Gasteiger charge is -2.21. The highest BCUT2D eigenvalue weighted by Crippen LogP contribution is 2.45. The SMILES string of the molecule is CCS(=O)(=O)C1(CNC(c2csc(C3CC3)n2)c2nnnn2-c2ccc(F)cc2)CC1. The zero-order chi connectivity index (χ0) is 21.6. The Morgan fingerprint density at radius 3 is 2.68 bits per heavy atom. The standard InChI is InChI=1S/C20H23FN6O2S2/c1-2-31(28,29)20(9-10-20)12-22-17(16-11-30-19(23-16)13-3-4-13)18-24-25-26-27(18)15-7-5-14(21)6-8-15/h5-8,11,13,17,22H,2-4,9-10,12H2,1H3. The lowest BCUT2D eigenvalue weighted by Crippen LogP contribution is -2.39. The molecule has 2 fully saturated rings. The summed E-state index contributed by atoms with van der Waals surface area (Å²) in [5.41, 5.74) is 1.39. The van der Waals surface area contributed by atoms with E-state index >= 15 is 0 Å². The highest BCUT2D eigenvalue weighted by molar-refractivity contribution is 7.93. The molecule has 0 aliphatic heterocycles. The van der Waals surface area contributed by atoms with Crippen LogP contribution in [-0.4, -0.2) is 50.7 Å². The molecule has 2 aromatic heterocycles. The molecule has 2 heterocycles. The molecule has 8 nitrogen and oxygen atoms in total. The number of aromatic nitrogens is 5. The van der Waals surface area contributed by atoms with Crippen LogP contribution in [0.2, 0.25) is 0 Å². The molecule has 5 rings (SSSR count). The predicted octanol–water partition coefficient (Wildman–Crippen LogP) is 2.78. The van der Waals surface area contributed by atoms with E-state index in [1.54, 1.807) is 35.1 Å². The fourth-order valence-corrected chi connectivity index (χ4v) is 6.41. The molecule has 0 radical (unpaired) electrons. The molecule has 2 aliphatic rings. The summed E-state index contributed by atoms with van der Waals surface area (Å²) in [6, 6.07) is 5.43. The van der Waals surface area contributed by atoms with Gasteiger partial charge in [-0.05, 0) is 60.4 Å². The number of rotatable bonds is 9. The maximum absolute atomic E-state index is 13.4. The predicted molar refractivity (Wildman–Crippen MR) is 114 cm³/mol. The third-order valence-electron chi connectivity index (χ3n) is 6.06. The van der Waals surface area contributed by atoms with Crippen LogP contribution in [0.1, 0.15) is 61.1 Å². The van der Waals surface area contributed by atoms with Gasteiger partial charge >= 0.3 is 0 Å². The Bertz CT molecular complexity index is 1180. The van der Waals surface area contributed by atoms with Crippen LogP contribution >= 0.6 is 11.3 Å². The second-order valence-corrected chi connectivity index (χ2v) is 11.8. The van der Waals surface area contributed by atoms with Crippen molar-refractivity contribution in [3.8, 4) is 5.69 Å². The van der Waals surface area contributed by atoms with Crippen molar-refractivity contribution in [3.05, 3.63) is 52.0 Å². The fourth-order valence-electron chi connectivity index (χ4n) is 3.75. The van der Waals surface area contributed by atoms with Crippen molar-refractivity contribution in [1.82, 2.24) is 30.5 Å². The number of halogens is 1. The van der Waals surface area contributed by atoms with Crippen LogP contribution in [0, 0.1) is 5.82 Å². The number of thiazole rings is 1. The molecular weight excluding hydrogens is 439 g/mol. The summed E-state index contributed by atoms with van der Waals surface area (Å²) in [6.07, 6.45) is 3.60. The van der Waals surface area contributed by atoms with Crippen molar-refractivity contribution < 1.29 is 12.8 Å². The summed E-state index contributed by atoms with van der Waals surface area (Å²) >= 11 is 1.61. The highest BCUT2D eigenvalue weighted by Gasteiger charge is 2.53. The number of sulfone groups is 1. The number of nitrogens with one attached hydrogen (secondary N) is 1. The molecule has 1 aromatic carbocycles. The molecule has 0 spiro atoms. The summed E-state index contributed by atoms with van der Waals surface area (Å²) in [5.74, 6) is 0.781.